The number of fused-ring (bicyclic) bond motifs is 1. The van der Waals surface area contributed by atoms with E-state index in [-0.39, 0.29) is 0 Å². The van der Waals surface area contributed by atoms with Crippen LogP contribution in [-0.2, 0) is 0 Å². The number of allylic oxidation sites excluding steroid dienone is 1. The number of rotatable bonds is 2. The first-order valence-electron chi connectivity index (χ1n) is 4.52. The Morgan fingerprint density at radius 2 is 2.50 bits per heavy atom. The molecule has 72 valence electrons. The van der Waals surface area contributed by atoms with E-state index >= 15 is 0 Å². The summed E-state index contributed by atoms with van der Waals surface area (Å²) in [4.78, 5) is 4.03. The van der Waals surface area contributed by atoms with Crippen molar-refractivity contribution in [1.29, 1.82) is 0 Å². The fourth-order valence-corrected chi connectivity index (χ4v) is 1.36. The fraction of sp³-hybridized carbons (Fsp3) is 0.182. The normalized spacial score (nSPS) is 12.3. The molecule has 2 aromatic rings. The van der Waals surface area contributed by atoms with Crippen LogP contribution in [0.2, 0.25) is 0 Å². The van der Waals surface area contributed by atoms with Crippen molar-refractivity contribution in [3.05, 3.63) is 36.4 Å². The third-order valence-corrected chi connectivity index (χ3v) is 2.13. The molecule has 0 saturated carbocycles. The van der Waals surface area contributed by atoms with E-state index in [1.54, 1.807) is 12.4 Å². The van der Waals surface area contributed by atoms with E-state index in [1.807, 2.05) is 25.1 Å². The number of hydrogen-bond donors (Lipinski definition) is 1. The summed E-state index contributed by atoms with van der Waals surface area (Å²) in [5.41, 5.74) is 7.35. The summed E-state index contributed by atoms with van der Waals surface area (Å²) in [5.74, 6) is 0.860. The van der Waals surface area contributed by atoms with Crippen LogP contribution < -0.4 is 5.73 Å². The average molecular weight is 188 g/mol. The van der Waals surface area contributed by atoms with Crippen LogP contribution in [-0.4, -0.2) is 11.5 Å². The van der Waals surface area contributed by atoms with Gasteiger partial charge < -0.3 is 10.2 Å². The zero-order chi connectivity index (χ0) is 9.97. The number of aromatic nitrogens is 1. The molecule has 0 saturated heterocycles. The molecule has 3 heteroatoms. The molecule has 0 fully saturated rings. The Labute approximate surface area is 82.2 Å². The molecule has 2 N–H and O–H groups in total. The highest BCUT2D eigenvalue weighted by atomic mass is 16.3. The Balaban J connectivity index is 2.50. The molecule has 2 heterocycles. The molecule has 0 aliphatic rings. The standard InChI is InChI=1S/C11H12N2O/c1-8(2-4-12)11-6-9-7-13-5-3-10(9)14-11/h2-3,5-7H,4,12H2,1H3/b8-2-. The summed E-state index contributed by atoms with van der Waals surface area (Å²) in [6.45, 7) is 2.51. The first kappa shape index (κ1) is 8.97. The van der Waals surface area contributed by atoms with Crippen molar-refractivity contribution in [3.63, 3.8) is 0 Å². The van der Waals surface area contributed by atoms with Crippen molar-refractivity contribution in [2.75, 3.05) is 6.54 Å². The molecular formula is C11H12N2O. The van der Waals surface area contributed by atoms with Crippen LogP contribution in [0.25, 0.3) is 16.5 Å². The lowest BCUT2D eigenvalue weighted by Crippen LogP contribution is -1.93. The van der Waals surface area contributed by atoms with Crippen LogP contribution in [0, 0.1) is 0 Å². The third kappa shape index (κ3) is 1.54. The highest BCUT2D eigenvalue weighted by Gasteiger charge is 2.03. The Kier molecular flexibility index (Phi) is 2.33. The van der Waals surface area contributed by atoms with Gasteiger partial charge in [0.15, 0.2) is 0 Å². The lowest BCUT2D eigenvalue weighted by Gasteiger charge is -1.92. The summed E-state index contributed by atoms with van der Waals surface area (Å²) >= 11 is 0. The van der Waals surface area contributed by atoms with Crippen molar-refractivity contribution in [3.8, 4) is 0 Å². The van der Waals surface area contributed by atoms with Crippen LogP contribution in [0.4, 0.5) is 0 Å². The summed E-state index contributed by atoms with van der Waals surface area (Å²) < 4.78 is 5.62. The van der Waals surface area contributed by atoms with Gasteiger partial charge in [-0.15, -0.1) is 0 Å². The van der Waals surface area contributed by atoms with Gasteiger partial charge in [-0.2, -0.15) is 0 Å². The smallest absolute Gasteiger partial charge is 0.137 e. The molecule has 0 spiro atoms. The zero-order valence-corrected chi connectivity index (χ0v) is 8.03. The molecular weight excluding hydrogens is 176 g/mol. The van der Waals surface area contributed by atoms with E-state index in [2.05, 4.69) is 4.98 Å². The number of hydrogen-bond acceptors (Lipinski definition) is 3. The molecule has 2 rings (SSSR count). The minimum atomic E-state index is 0.529. The average Bonchev–Trinajstić information content (AvgIpc) is 2.61. The monoisotopic (exact) mass is 188 g/mol. The number of pyridine rings is 1. The van der Waals surface area contributed by atoms with E-state index in [0.717, 1.165) is 22.3 Å². The molecule has 14 heavy (non-hydrogen) atoms. The predicted octanol–water partition coefficient (Wildman–Crippen LogP) is 2.19. The lowest BCUT2D eigenvalue weighted by molar-refractivity contribution is 0.599. The first-order valence-corrected chi connectivity index (χ1v) is 4.52. The highest BCUT2D eigenvalue weighted by molar-refractivity contribution is 5.80. The van der Waals surface area contributed by atoms with Gasteiger partial charge >= 0.3 is 0 Å². The van der Waals surface area contributed by atoms with Gasteiger partial charge in [0.25, 0.3) is 0 Å². The van der Waals surface area contributed by atoms with E-state index in [4.69, 9.17) is 10.2 Å². The summed E-state index contributed by atoms with van der Waals surface area (Å²) in [5, 5.41) is 1.02. The number of furan rings is 1. The molecule has 0 bridgehead atoms. The van der Waals surface area contributed by atoms with Crippen molar-refractivity contribution in [2.45, 2.75) is 6.92 Å². The van der Waals surface area contributed by atoms with Gasteiger partial charge in [-0.05, 0) is 24.6 Å². The molecule has 0 atom stereocenters. The Morgan fingerprint density at radius 3 is 3.21 bits per heavy atom. The maximum absolute atomic E-state index is 5.62. The maximum atomic E-state index is 5.62. The van der Waals surface area contributed by atoms with Gasteiger partial charge in [-0.3, -0.25) is 4.98 Å². The third-order valence-electron chi connectivity index (χ3n) is 2.13. The second-order valence-electron chi connectivity index (χ2n) is 3.15. The molecule has 2 aromatic heterocycles. The van der Waals surface area contributed by atoms with Gasteiger partial charge in [0.05, 0.1) is 0 Å². The van der Waals surface area contributed by atoms with E-state index in [0.29, 0.717) is 6.54 Å². The summed E-state index contributed by atoms with van der Waals surface area (Å²) in [6.07, 6.45) is 5.45. The van der Waals surface area contributed by atoms with Gasteiger partial charge in [-0.25, -0.2) is 0 Å². The topological polar surface area (TPSA) is 52.0 Å². The molecule has 0 unspecified atom stereocenters. The highest BCUT2D eigenvalue weighted by Crippen LogP contribution is 2.23. The van der Waals surface area contributed by atoms with Crippen LogP contribution in [0.1, 0.15) is 12.7 Å². The Morgan fingerprint density at radius 1 is 1.64 bits per heavy atom. The second-order valence-corrected chi connectivity index (χ2v) is 3.15. The first-order chi connectivity index (χ1) is 6.81. The van der Waals surface area contributed by atoms with Gasteiger partial charge in [-0.1, -0.05) is 6.08 Å². The van der Waals surface area contributed by atoms with Crippen LogP contribution in [0.15, 0.2) is 35.0 Å². The molecule has 0 amide bonds. The largest absolute Gasteiger partial charge is 0.456 e. The molecule has 0 radical (unpaired) electrons. The summed E-state index contributed by atoms with van der Waals surface area (Å²) in [7, 11) is 0. The van der Waals surface area contributed by atoms with E-state index in [1.165, 1.54) is 0 Å². The fourth-order valence-electron chi connectivity index (χ4n) is 1.36. The van der Waals surface area contributed by atoms with Crippen molar-refractivity contribution < 1.29 is 4.42 Å². The van der Waals surface area contributed by atoms with E-state index in [9.17, 15) is 0 Å². The van der Waals surface area contributed by atoms with E-state index < -0.39 is 0 Å². The van der Waals surface area contributed by atoms with Crippen molar-refractivity contribution >= 4 is 16.5 Å². The minimum Gasteiger partial charge on any atom is -0.456 e. The quantitative estimate of drug-likeness (QED) is 0.785. The SMILES string of the molecule is C/C(=C/CN)c1cc2cnccc2o1. The van der Waals surface area contributed by atoms with Crippen molar-refractivity contribution in [1.82, 2.24) is 4.98 Å². The number of nitrogens with zero attached hydrogens (tertiary/aromatic N) is 1. The van der Waals surface area contributed by atoms with Gasteiger partial charge in [0.1, 0.15) is 11.3 Å². The van der Waals surface area contributed by atoms with Crippen LogP contribution in [0.5, 0.6) is 0 Å². The molecule has 3 nitrogen and oxygen atoms in total. The molecule has 0 aliphatic heterocycles. The van der Waals surface area contributed by atoms with Crippen LogP contribution in [0.3, 0.4) is 0 Å². The Bertz CT molecular complexity index is 438. The predicted molar refractivity (Wildman–Crippen MR) is 56.7 cm³/mol. The minimum absolute atomic E-state index is 0.529. The lowest BCUT2D eigenvalue weighted by atomic mass is 10.2. The number of nitrogens with two attached hydrogens (primary N) is 1. The summed E-state index contributed by atoms with van der Waals surface area (Å²) in [6, 6.07) is 3.83. The Hall–Kier alpha value is -1.61. The zero-order valence-electron chi connectivity index (χ0n) is 8.03. The maximum Gasteiger partial charge on any atom is 0.137 e. The van der Waals surface area contributed by atoms with Crippen LogP contribution >= 0.6 is 0 Å². The molecule has 0 aliphatic carbocycles. The second kappa shape index (κ2) is 3.64. The van der Waals surface area contributed by atoms with Gasteiger partial charge in [0.2, 0.25) is 0 Å². The van der Waals surface area contributed by atoms with Gasteiger partial charge in [0, 0.05) is 24.3 Å². The molecule has 0 aromatic carbocycles. The van der Waals surface area contributed by atoms with Crippen molar-refractivity contribution in [2.24, 2.45) is 5.73 Å².